The van der Waals surface area contributed by atoms with Crippen LogP contribution in [0.2, 0.25) is 0 Å². The maximum atomic E-state index is 12.0. The molecule has 4 rings (SSSR count). The monoisotopic (exact) mass is 322 g/mol. The fraction of sp³-hybridized carbons (Fsp3) is 0.278. The van der Waals surface area contributed by atoms with Gasteiger partial charge < -0.3 is 9.40 Å². The lowest BCUT2D eigenvalue weighted by molar-refractivity contribution is 0.245. The minimum atomic E-state index is -0.0484. The van der Waals surface area contributed by atoms with Gasteiger partial charge in [0.05, 0.1) is 24.0 Å². The standard InChI is InChI=1S/C18H18N4O2/c1-11-3-5-13(6-4-11)16-7-19-17(24-16)10-22-8-14-15(9-22)20-12(2)21-18(14)23/h3-7H,8-10H2,1-2H3,(H,20,21,23). The van der Waals surface area contributed by atoms with E-state index in [9.17, 15) is 4.79 Å². The summed E-state index contributed by atoms with van der Waals surface area (Å²) in [7, 11) is 0. The SMILES string of the molecule is Cc1ccc(-c2cnc(CN3Cc4nc(C)[nH]c(=O)c4C3)o2)cc1. The van der Waals surface area contributed by atoms with Crippen molar-refractivity contribution in [3.63, 3.8) is 0 Å². The third-order valence-corrected chi connectivity index (χ3v) is 4.22. The number of hydrogen-bond acceptors (Lipinski definition) is 5. The molecule has 3 heterocycles. The van der Waals surface area contributed by atoms with Gasteiger partial charge in [-0.25, -0.2) is 9.97 Å². The second-order valence-electron chi connectivity index (χ2n) is 6.21. The summed E-state index contributed by atoms with van der Waals surface area (Å²) >= 11 is 0. The molecule has 0 aliphatic carbocycles. The maximum Gasteiger partial charge on any atom is 0.255 e. The topological polar surface area (TPSA) is 75.0 Å². The van der Waals surface area contributed by atoms with Gasteiger partial charge in [-0.2, -0.15) is 0 Å². The summed E-state index contributed by atoms with van der Waals surface area (Å²) < 4.78 is 5.87. The number of nitrogens with one attached hydrogen (secondary N) is 1. The molecule has 1 aliphatic heterocycles. The summed E-state index contributed by atoms with van der Waals surface area (Å²) in [6, 6.07) is 8.15. The number of rotatable bonds is 3. The molecule has 0 saturated heterocycles. The van der Waals surface area contributed by atoms with Crippen LogP contribution in [0.25, 0.3) is 11.3 Å². The molecule has 0 unspecified atom stereocenters. The molecule has 122 valence electrons. The molecule has 6 nitrogen and oxygen atoms in total. The normalized spacial score (nSPS) is 14.1. The minimum absolute atomic E-state index is 0.0484. The van der Waals surface area contributed by atoms with Crippen molar-refractivity contribution < 1.29 is 4.42 Å². The quantitative estimate of drug-likeness (QED) is 0.802. The molecular weight excluding hydrogens is 304 g/mol. The van der Waals surface area contributed by atoms with Gasteiger partial charge in [-0.1, -0.05) is 29.8 Å². The van der Waals surface area contributed by atoms with Crippen LogP contribution in [0.4, 0.5) is 0 Å². The molecule has 1 aliphatic rings. The van der Waals surface area contributed by atoms with Crippen molar-refractivity contribution in [1.29, 1.82) is 0 Å². The second kappa shape index (κ2) is 5.72. The fourth-order valence-corrected chi connectivity index (χ4v) is 2.99. The Morgan fingerprint density at radius 3 is 2.79 bits per heavy atom. The smallest absolute Gasteiger partial charge is 0.255 e. The van der Waals surface area contributed by atoms with Crippen LogP contribution < -0.4 is 5.56 Å². The van der Waals surface area contributed by atoms with Gasteiger partial charge in [-0.3, -0.25) is 9.69 Å². The predicted molar refractivity (Wildman–Crippen MR) is 89.2 cm³/mol. The van der Waals surface area contributed by atoms with E-state index in [4.69, 9.17) is 4.42 Å². The zero-order valence-electron chi connectivity index (χ0n) is 13.7. The van der Waals surface area contributed by atoms with Gasteiger partial charge in [0.1, 0.15) is 5.82 Å². The molecule has 0 radical (unpaired) electrons. The van der Waals surface area contributed by atoms with Crippen LogP contribution >= 0.6 is 0 Å². The summed E-state index contributed by atoms with van der Waals surface area (Å²) in [5, 5.41) is 0. The number of aromatic amines is 1. The maximum absolute atomic E-state index is 12.0. The van der Waals surface area contributed by atoms with E-state index in [1.807, 2.05) is 12.1 Å². The minimum Gasteiger partial charge on any atom is -0.439 e. The molecular formula is C18H18N4O2. The largest absolute Gasteiger partial charge is 0.439 e. The molecule has 1 aromatic carbocycles. The van der Waals surface area contributed by atoms with Gasteiger partial charge in [-0.05, 0) is 13.8 Å². The Labute approximate surface area is 139 Å². The number of H-pyrrole nitrogens is 1. The number of oxazole rings is 1. The average Bonchev–Trinajstić information content (AvgIpc) is 3.15. The van der Waals surface area contributed by atoms with E-state index in [1.165, 1.54) is 5.56 Å². The first-order valence-electron chi connectivity index (χ1n) is 7.91. The summed E-state index contributed by atoms with van der Waals surface area (Å²) in [6.45, 7) is 5.62. The summed E-state index contributed by atoms with van der Waals surface area (Å²) in [4.78, 5) is 25.6. The molecule has 0 atom stereocenters. The van der Waals surface area contributed by atoms with Crippen molar-refractivity contribution in [2.75, 3.05) is 0 Å². The highest BCUT2D eigenvalue weighted by molar-refractivity contribution is 5.56. The molecule has 0 bridgehead atoms. The highest BCUT2D eigenvalue weighted by Gasteiger charge is 2.24. The third kappa shape index (κ3) is 2.76. The van der Waals surface area contributed by atoms with E-state index in [-0.39, 0.29) is 5.56 Å². The van der Waals surface area contributed by atoms with Gasteiger partial charge in [0.2, 0.25) is 5.89 Å². The number of hydrogen-bond donors (Lipinski definition) is 1. The Bertz CT molecular complexity index is 940. The van der Waals surface area contributed by atoms with E-state index in [0.717, 1.165) is 22.6 Å². The van der Waals surface area contributed by atoms with E-state index in [0.29, 0.717) is 31.3 Å². The van der Waals surface area contributed by atoms with Gasteiger partial charge in [-0.15, -0.1) is 0 Å². The number of nitrogens with zero attached hydrogens (tertiary/aromatic N) is 3. The van der Waals surface area contributed by atoms with Crippen LogP contribution in [0.1, 0.15) is 28.5 Å². The lowest BCUT2D eigenvalue weighted by Gasteiger charge is -2.10. The predicted octanol–water partition coefficient (Wildman–Crippen LogP) is 2.56. The number of benzene rings is 1. The van der Waals surface area contributed by atoms with Crippen LogP contribution in [0.5, 0.6) is 0 Å². The van der Waals surface area contributed by atoms with E-state index < -0.39 is 0 Å². The Morgan fingerprint density at radius 2 is 2.00 bits per heavy atom. The van der Waals surface area contributed by atoms with Crippen molar-refractivity contribution in [1.82, 2.24) is 19.9 Å². The van der Waals surface area contributed by atoms with Gasteiger partial charge >= 0.3 is 0 Å². The van der Waals surface area contributed by atoms with Crippen LogP contribution in [-0.2, 0) is 19.6 Å². The average molecular weight is 322 g/mol. The van der Waals surface area contributed by atoms with Crippen molar-refractivity contribution >= 4 is 0 Å². The first-order valence-corrected chi connectivity index (χ1v) is 7.91. The van der Waals surface area contributed by atoms with Crippen LogP contribution in [-0.4, -0.2) is 19.9 Å². The lowest BCUT2D eigenvalue weighted by Crippen LogP contribution is -2.18. The molecule has 2 aromatic heterocycles. The molecule has 0 spiro atoms. The molecule has 0 amide bonds. The lowest BCUT2D eigenvalue weighted by atomic mass is 10.1. The van der Waals surface area contributed by atoms with Crippen LogP contribution in [0, 0.1) is 13.8 Å². The summed E-state index contributed by atoms with van der Waals surface area (Å²) in [5.41, 5.74) is 3.76. The number of aromatic nitrogens is 3. The van der Waals surface area contributed by atoms with Crippen LogP contribution in [0.3, 0.4) is 0 Å². The van der Waals surface area contributed by atoms with Crippen molar-refractivity contribution in [2.24, 2.45) is 0 Å². The first-order chi connectivity index (χ1) is 11.6. The van der Waals surface area contributed by atoms with Crippen molar-refractivity contribution in [2.45, 2.75) is 33.5 Å². The first kappa shape index (κ1) is 14.8. The van der Waals surface area contributed by atoms with E-state index in [1.54, 1.807) is 13.1 Å². The molecule has 0 saturated carbocycles. The molecule has 6 heteroatoms. The summed E-state index contributed by atoms with van der Waals surface area (Å²) in [6.07, 6.45) is 1.75. The van der Waals surface area contributed by atoms with Gasteiger partial charge in [0.25, 0.3) is 5.56 Å². The second-order valence-corrected chi connectivity index (χ2v) is 6.21. The highest BCUT2D eigenvalue weighted by atomic mass is 16.4. The van der Waals surface area contributed by atoms with Gasteiger partial charge in [0, 0.05) is 18.7 Å². The Morgan fingerprint density at radius 1 is 1.21 bits per heavy atom. The van der Waals surface area contributed by atoms with Crippen LogP contribution in [0.15, 0.2) is 39.7 Å². The fourth-order valence-electron chi connectivity index (χ4n) is 2.99. The van der Waals surface area contributed by atoms with Crippen molar-refractivity contribution in [3.8, 4) is 11.3 Å². The van der Waals surface area contributed by atoms with E-state index in [2.05, 4.69) is 38.9 Å². The Kier molecular flexibility index (Phi) is 3.54. The van der Waals surface area contributed by atoms with Crippen molar-refractivity contribution in [3.05, 3.63) is 69.4 Å². The Balaban J connectivity index is 1.50. The third-order valence-electron chi connectivity index (χ3n) is 4.22. The zero-order valence-corrected chi connectivity index (χ0v) is 13.7. The molecule has 24 heavy (non-hydrogen) atoms. The number of fused-ring (bicyclic) bond motifs is 1. The number of aryl methyl sites for hydroxylation is 2. The zero-order chi connectivity index (χ0) is 16.7. The van der Waals surface area contributed by atoms with E-state index >= 15 is 0 Å². The molecule has 3 aromatic rings. The molecule has 1 N–H and O–H groups in total. The highest BCUT2D eigenvalue weighted by Crippen LogP contribution is 2.24. The Hall–Kier alpha value is -2.73. The van der Waals surface area contributed by atoms with Gasteiger partial charge in [0.15, 0.2) is 5.76 Å². The summed E-state index contributed by atoms with van der Waals surface area (Å²) in [5.74, 6) is 2.05. The molecule has 0 fully saturated rings.